The Bertz CT molecular complexity index is 208. The van der Waals surface area contributed by atoms with Crippen molar-refractivity contribution >= 4 is 5.78 Å². The third kappa shape index (κ3) is 3.88. The number of carbonyl (C=O) groups is 1. The second-order valence-electron chi connectivity index (χ2n) is 4.52. The van der Waals surface area contributed by atoms with Gasteiger partial charge in [0.15, 0.2) is 0 Å². The Hall–Kier alpha value is -0.470. The highest BCUT2D eigenvalue weighted by Gasteiger charge is 2.35. The van der Waals surface area contributed by atoms with E-state index >= 15 is 0 Å². The lowest BCUT2D eigenvalue weighted by Gasteiger charge is -2.21. The topological polar surface area (TPSA) is 17.1 Å². The Kier molecular flexibility index (Phi) is 4.68. The Labute approximate surface area is 90.2 Å². The monoisotopic (exact) mass is 218 g/mol. The molecule has 0 aromatic heterocycles. The van der Waals surface area contributed by atoms with Crippen molar-refractivity contribution in [2.24, 2.45) is 5.92 Å². The van der Waals surface area contributed by atoms with Crippen LogP contribution in [0.5, 0.6) is 0 Å². The summed E-state index contributed by atoms with van der Waals surface area (Å²) in [5, 5.41) is 0. The van der Waals surface area contributed by atoms with Gasteiger partial charge in [-0.15, -0.1) is 0 Å². The first-order valence-corrected chi connectivity index (χ1v) is 5.97. The Morgan fingerprint density at radius 1 is 1.27 bits per heavy atom. The van der Waals surface area contributed by atoms with E-state index in [0.717, 1.165) is 12.8 Å². The molecular weight excluding hydrogens is 198 g/mol. The van der Waals surface area contributed by atoms with Crippen LogP contribution in [0.4, 0.5) is 8.78 Å². The Morgan fingerprint density at radius 3 is 2.40 bits per heavy atom. The number of halogens is 2. The largest absolute Gasteiger partial charge is 0.305 e. The first-order valence-electron chi connectivity index (χ1n) is 5.97. The molecule has 3 heteroatoms. The number of alkyl halides is 2. The maximum atomic E-state index is 13.0. The van der Waals surface area contributed by atoms with Crippen LogP contribution < -0.4 is 0 Å². The zero-order valence-electron chi connectivity index (χ0n) is 9.40. The van der Waals surface area contributed by atoms with Gasteiger partial charge in [0.25, 0.3) is 0 Å². The highest BCUT2D eigenvalue weighted by molar-refractivity contribution is 5.85. The predicted octanol–water partition coefficient (Wildman–Crippen LogP) is 3.96. The fourth-order valence-corrected chi connectivity index (χ4v) is 2.19. The molecule has 15 heavy (non-hydrogen) atoms. The quantitative estimate of drug-likeness (QED) is 0.682. The van der Waals surface area contributed by atoms with Gasteiger partial charge in [0, 0.05) is 12.8 Å². The van der Waals surface area contributed by atoms with Gasteiger partial charge in [0.1, 0.15) is 0 Å². The van der Waals surface area contributed by atoms with Crippen molar-refractivity contribution < 1.29 is 13.6 Å². The smallest absolute Gasteiger partial charge is 0.293 e. The van der Waals surface area contributed by atoms with E-state index < -0.39 is 11.7 Å². The molecule has 0 bridgehead atoms. The summed E-state index contributed by atoms with van der Waals surface area (Å²) in [6.07, 6.45) is 6.24. The lowest BCUT2D eigenvalue weighted by Crippen LogP contribution is -2.28. The minimum Gasteiger partial charge on any atom is -0.293 e. The minimum atomic E-state index is -3.09. The average Bonchev–Trinajstić information content (AvgIpc) is 2.27. The van der Waals surface area contributed by atoms with Crippen LogP contribution in [0.25, 0.3) is 0 Å². The molecule has 0 amide bonds. The van der Waals surface area contributed by atoms with Crippen LogP contribution in [0, 0.1) is 5.92 Å². The number of rotatable bonds is 5. The molecule has 0 aromatic rings. The van der Waals surface area contributed by atoms with Crippen molar-refractivity contribution in [3.63, 3.8) is 0 Å². The third-order valence-electron chi connectivity index (χ3n) is 3.36. The molecule has 1 rings (SSSR count). The van der Waals surface area contributed by atoms with Gasteiger partial charge >= 0.3 is 5.92 Å². The van der Waals surface area contributed by atoms with E-state index in [0.29, 0.717) is 12.3 Å². The maximum absolute atomic E-state index is 13.0. The van der Waals surface area contributed by atoms with E-state index in [1.807, 2.05) is 0 Å². The Balaban J connectivity index is 2.26. The van der Waals surface area contributed by atoms with Crippen LogP contribution in [-0.4, -0.2) is 11.7 Å². The van der Waals surface area contributed by atoms with Crippen LogP contribution in [0.1, 0.15) is 58.3 Å². The van der Waals surface area contributed by atoms with Gasteiger partial charge < -0.3 is 0 Å². The van der Waals surface area contributed by atoms with Crippen LogP contribution in [0.15, 0.2) is 0 Å². The molecule has 0 unspecified atom stereocenters. The van der Waals surface area contributed by atoms with Gasteiger partial charge in [-0.05, 0) is 12.3 Å². The maximum Gasteiger partial charge on any atom is 0.305 e. The first-order chi connectivity index (χ1) is 7.06. The first kappa shape index (κ1) is 12.6. The molecule has 1 fully saturated rings. The fraction of sp³-hybridized carbons (Fsp3) is 0.917. The number of ketones is 1. The van der Waals surface area contributed by atoms with Crippen LogP contribution in [0.3, 0.4) is 0 Å². The van der Waals surface area contributed by atoms with Crippen LogP contribution >= 0.6 is 0 Å². The van der Waals surface area contributed by atoms with E-state index in [-0.39, 0.29) is 12.8 Å². The molecule has 1 aliphatic carbocycles. The minimum absolute atomic E-state index is 0.0610. The lowest BCUT2D eigenvalue weighted by atomic mass is 9.85. The van der Waals surface area contributed by atoms with Crippen molar-refractivity contribution in [2.45, 2.75) is 64.2 Å². The number of carbonyl (C=O) groups excluding carboxylic acids is 1. The molecule has 1 saturated carbocycles. The molecule has 1 nitrogen and oxygen atoms in total. The summed E-state index contributed by atoms with van der Waals surface area (Å²) in [7, 11) is 0. The van der Waals surface area contributed by atoms with E-state index in [2.05, 4.69) is 0 Å². The summed E-state index contributed by atoms with van der Waals surface area (Å²) in [4.78, 5) is 11.2. The number of hydrogen-bond donors (Lipinski definition) is 0. The van der Waals surface area contributed by atoms with E-state index in [1.54, 1.807) is 0 Å². The average molecular weight is 218 g/mol. The van der Waals surface area contributed by atoms with Gasteiger partial charge in [0.05, 0.1) is 0 Å². The van der Waals surface area contributed by atoms with Gasteiger partial charge in [-0.2, -0.15) is 8.78 Å². The van der Waals surface area contributed by atoms with Gasteiger partial charge in [0.2, 0.25) is 5.78 Å². The molecule has 0 spiro atoms. The summed E-state index contributed by atoms with van der Waals surface area (Å²) in [6, 6.07) is 0. The predicted molar refractivity (Wildman–Crippen MR) is 56.1 cm³/mol. The Morgan fingerprint density at radius 2 is 1.87 bits per heavy atom. The van der Waals surface area contributed by atoms with Gasteiger partial charge in [-0.1, -0.05) is 39.0 Å². The molecule has 0 atom stereocenters. The SMILES string of the molecule is CCC(F)(F)C(=O)CCC1CCCCC1. The summed E-state index contributed by atoms with van der Waals surface area (Å²) >= 11 is 0. The molecule has 0 heterocycles. The standard InChI is InChI=1S/C12H20F2O/c1-2-12(13,14)11(15)9-8-10-6-4-3-5-7-10/h10H,2-9H2,1H3. The van der Waals surface area contributed by atoms with Gasteiger partial charge in [-0.25, -0.2) is 0 Å². The highest BCUT2D eigenvalue weighted by Crippen LogP contribution is 2.29. The molecule has 0 radical (unpaired) electrons. The van der Waals surface area contributed by atoms with Crippen molar-refractivity contribution in [1.29, 1.82) is 0 Å². The zero-order chi connectivity index (χ0) is 11.3. The molecule has 1 aliphatic rings. The summed E-state index contributed by atoms with van der Waals surface area (Å²) in [5.74, 6) is -3.44. The molecule has 0 N–H and O–H groups in total. The molecule has 88 valence electrons. The zero-order valence-corrected chi connectivity index (χ0v) is 9.40. The molecule has 0 saturated heterocycles. The second-order valence-corrected chi connectivity index (χ2v) is 4.52. The second kappa shape index (κ2) is 5.57. The van der Waals surface area contributed by atoms with Crippen molar-refractivity contribution in [1.82, 2.24) is 0 Å². The number of Topliss-reactive ketones (excluding diaryl/α,β-unsaturated/α-hetero) is 1. The van der Waals surface area contributed by atoms with Crippen molar-refractivity contribution in [3.8, 4) is 0 Å². The van der Waals surface area contributed by atoms with Crippen molar-refractivity contribution in [2.75, 3.05) is 0 Å². The summed E-state index contributed by atoms with van der Waals surface area (Å²) < 4.78 is 25.9. The van der Waals surface area contributed by atoms with Crippen LogP contribution in [0.2, 0.25) is 0 Å². The van der Waals surface area contributed by atoms with E-state index in [9.17, 15) is 13.6 Å². The summed E-state index contributed by atoms with van der Waals surface area (Å²) in [6.45, 7) is 1.36. The fourth-order valence-electron chi connectivity index (χ4n) is 2.19. The van der Waals surface area contributed by atoms with Gasteiger partial charge in [-0.3, -0.25) is 4.79 Å². The molecular formula is C12H20F2O. The van der Waals surface area contributed by atoms with Crippen molar-refractivity contribution in [3.05, 3.63) is 0 Å². The normalized spacial score (nSPS) is 19.1. The van der Waals surface area contributed by atoms with Crippen LogP contribution in [-0.2, 0) is 4.79 Å². The highest BCUT2D eigenvalue weighted by atomic mass is 19.3. The number of hydrogen-bond acceptors (Lipinski definition) is 1. The molecule has 0 aliphatic heterocycles. The lowest BCUT2D eigenvalue weighted by molar-refractivity contribution is -0.143. The van der Waals surface area contributed by atoms with E-state index in [1.165, 1.54) is 26.2 Å². The van der Waals surface area contributed by atoms with E-state index in [4.69, 9.17) is 0 Å². The third-order valence-corrected chi connectivity index (χ3v) is 3.36. The summed E-state index contributed by atoms with van der Waals surface area (Å²) in [5.41, 5.74) is 0. The molecule has 0 aromatic carbocycles.